The first-order chi connectivity index (χ1) is 20.4. The van der Waals surface area contributed by atoms with Crippen LogP contribution in [0, 0.1) is 0 Å². The van der Waals surface area contributed by atoms with Crippen molar-refractivity contribution in [2.75, 3.05) is 18.6 Å². The standard InChI is InChI=1S/C23H23N9O7S4/c1-9(42-23-28-17(29-30-23)10-3-5-11(6-4-10)43(25,37)38)12-7-40-20-15(19(34)32(20)16(12)21(35)36)27-18(33)14(31-39-2)13-8-41-22(24)26-13/h3-6,8-9,15,20H,7H2,1-2H3,(H2,24,26)(H,27,33)(H,35,36)(H2,25,37,38)(H,28,29,30)/t9?,15-,20+/m1/s1. The number of aromatic amines is 1. The zero-order valence-corrected chi connectivity index (χ0v) is 25.5. The number of H-pyrrole nitrogens is 1. The average Bonchev–Trinajstić information content (AvgIpc) is 3.62. The maximum Gasteiger partial charge on any atom is 0.352 e. The normalized spacial score (nSPS) is 19.5. The van der Waals surface area contributed by atoms with Crippen molar-refractivity contribution < 1.29 is 32.7 Å². The minimum absolute atomic E-state index is 0.0456. The lowest BCUT2D eigenvalue weighted by molar-refractivity contribution is -0.150. The van der Waals surface area contributed by atoms with E-state index in [-0.39, 0.29) is 32.9 Å². The second-order valence-electron chi connectivity index (χ2n) is 9.04. The molecule has 20 heteroatoms. The van der Waals surface area contributed by atoms with Gasteiger partial charge in [-0.25, -0.2) is 23.3 Å². The molecular formula is C23H23N9O7S4. The molecule has 16 nitrogen and oxygen atoms in total. The summed E-state index contributed by atoms with van der Waals surface area (Å²) in [5, 5.41) is 30.8. The van der Waals surface area contributed by atoms with Crippen LogP contribution < -0.4 is 16.2 Å². The third kappa shape index (κ3) is 6.09. The quantitative estimate of drug-likeness (QED) is 0.0854. The summed E-state index contributed by atoms with van der Waals surface area (Å²) in [5.74, 6) is -1.94. The fourth-order valence-electron chi connectivity index (χ4n) is 4.33. The molecule has 2 aromatic heterocycles. The second-order valence-corrected chi connectivity index (χ2v) is 13.9. The van der Waals surface area contributed by atoms with E-state index >= 15 is 0 Å². The molecule has 3 atom stereocenters. The number of nitrogens with two attached hydrogens (primary N) is 2. The van der Waals surface area contributed by atoms with Crippen LogP contribution in [0.15, 0.2) is 56.1 Å². The molecule has 2 amide bonds. The van der Waals surface area contributed by atoms with Gasteiger partial charge < -0.3 is 26.0 Å². The highest BCUT2D eigenvalue weighted by molar-refractivity contribution is 8.01. The first kappa shape index (κ1) is 30.5. The van der Waals surface area contributed by atoms with Crippen LogP contribution in [0.2, 0.25) is 0 Å². The number of carbonyl (C=O) groups is 3. The van der Waals surface area contributed by atoms with Crippen molar-refractivity contribution in [3.63, 3.8) is 0 Å². The van der Waals surface area contributed by atoms with Crippen molar-refractivity contribution in [1.29, 1.82) is 0 Å². The molecule has 1 unspecified atom stereocenters. The van der Waals surface area contributed by atoms with Crippen molar-refractivity contribution in [3.8, 4) is 11.4 Å². The molecule has 7 N–H and O–H groups in total. The van der Waals surface area contributed by atoms with Gasteiger partial charge in [0.25, 0.3) is 11.8 Å². The summed E-state index contributed by atoms with van der Waals surface area (Å²) in [6.07, 6.45) is 0. The molecule has 1 fully saturated rings. The predicted molar refractivity (Wildman–Crippen MR) is 158 cm³/mol. The number of hydrogen-bond donors (Lipinski definition) is 5. The zero-order chi connectivity index (χ0) is 31.1. The number of nitrogens with zero attached hydrogens (tertiary/aromatic N) is 5. The van der Waals surface area contributed by atoms with E-state index in [1.165, 1.54) is 65.2 Å². The largest absolute Gasteiger partial charge is 0.477 e. The number of thiazole rings is 1. The Morgan fingerprint density at radius 1 is 1.30 bits per heavy atom. The molecular weight excluding hydrogens is 643 g/mol. The van der Waals surface area contributed by atoms with E-state index in [2.05, 4.69) is 30.6 Å². The molecule has 3 aromatic rings. The number of rotatable bonds is 10. The van der Waals surface area contributed by atoms with Crippen molar-refractivity contribution in [2.24, 2.45) is 10.3 Å². The molecule has 43 heavy (non-hydrogen) atoms. The summed E-state index contributed by atoms with van der Waals surface area (Å²) in [4.78, 5) is 51.4. The number of hydrogen-bond acceptors (Lipinski definition) is 14. The summed E-state index contributed by atoms with van der Waals surface area (Å²) in [7, 11) is -2.58. The van der Waals surface area contributed by atoms with Crippen LogP contribution in [0.4, 0.5) is 5.13 Å². The SMILES string of the molecule is CON=C(C(=O)N[C@@H]1C(=O)N2C(C(=O)O)=C(C(C)Sc3nnc(-c4ccc(S(N)(=O)=O)cc4)[nH]3)CS[C@@H]12)c1csc(N)n1. The Hall–Kier alpha value is -3.98. The highest BCUT2D eigenvalue weighted by Gasteiger charge is 2.55. The van der Waals surface area contributed by atoms with Crippen molar-refractivity contribution in [3.05, 3.63) is 46.6 Å². The van der Waals surface area contributed by atoms with E-state index in [9.17, 15) is 27.9 Å². The number of fused-ring (bicyclic) bond motifs is 1. The van der Waals surface area contributed by atoms with Gasteiger partial charge in [-0.2, -0.15) is 0 Å². The number of oxime groups is 1. The number of aliphatic carboxylic acids is 1. The lowest BCUT2D eigenvalue weighted by atomic mass is 10.0. The van der Waals surface area contributed by atoms with Gasteiger partial charge in [-0.3, -0.25) is 14.5 Å². The van der Waals surface area contributed by atoms with Crippen LogP contribution in [-0.2, 0) is 29.2 Å². The highest BCUT2D eigenvalue weighted by Crippen LogP contribution is 2.43. The minimum Gasteiger partial charge on any atom is -0.477 e. The molecule has 0 spiro atoms. The Labute approximate surface area is 256 Å². The molecule has 1 saturated heterocycles. The highest BCUT2D eigenvalue weighted by atomic mass is 32.2. The Kier molecular flexibility index (Phi) is 8.47. The summed E-state index contributed by atoms with van der Waals surface area (Å²) in [5.41, 5.74) is 6.57. The number of nitrogen functional groups attached to an aromatic ring is 1. The Balaban J connectivity index is 1.30. The summed E-state index contributed by atoms with van der Waals surface area (Å²) in [6.45, 7) is 1.78. The number of amides is 2. The number of β-lactam (4-membered cyclic amide) rings is 1. The number of primary sulfonamides is 1. The number of carboxylic acid groups (broad SMARTS) is 1. The second kappa shape index (κ2) is 12.0. The van der Waals surface area contributed by atoms with Gasteiger partial charge in [-0.15, -0.1) is 33.3 Å². The fourth-order valence-corrected chi connectivity index (χ4v) is 7.88. The maximum absolute atomic E-state index is 13.2. The molecule has 1 aromatic carbocycles. The zero-order valence-electron chi connectivity index (χ0n) is 22.2. The summed E-state index contributed by atoms with van der Waals surface area (Å²) < 4.78 is 23.0. The van der Waals surface area contributed by atoms with Gasteiger partial charge in [0, 0.05) is 21.9 Å². The molecule has 226 valence electrons. The molecule has 4 heterocycles. The number of anilines is 1. The number of sulfonamides is 1. The van der Waals surface area contributed by atoms with Gasteiger partial charge in [-0.1, -0.05) is 16.9 Å². The van der Waals surface area contributed by atoms with Gasteiger partial charge in [0.05, 0.1) is 4.90 Å². The van der Waals surface area contributed by atoms with Gasteiger partial charge in [0.15, 0.2) is 21.8 Å². The molecule has 2 aliphatic rings. The van der Waals surface area contributed by atoms with E-state index in [1.807, 2.05) is 0 Å². The van der Waals surface area contributed by atoms with Gasteiger partial charge >= 0.3 is 5.97 Å². The summed E-state index contributed by atoms with van der Waals surface area (Å²) in [6, 6.07) is 4.76. The summed E-state index contributed by atoms with van der Waals surface area (Å²) >= 11 is 3.63. The number of benzene rings is 1. The van der Waals surface area contributed by atoms with Crippen LogP contribution in [-0.4, -0.2) is 91.6 Å². The number of thioether (sulfide) groups is 2. The van der Waals surface area contributed by atoms with Crippen LogP contribution in [0.5, 0.6) is 0 Å². The number of nitrogens with one attached hydrogen (secondary N) is 2. The molecule has 0 aliphatic carbocycles. The molecule has 0 bridgehead atoms. The molecule has 5 rings (SSSR count). The number of carboxylic acids is 1. The third-order valence-electron chi connectivity index (χ3n) is 6.35. The van der Waals surface area contributed by atoms with E-state index in [0.29, 0.717) is 22.1 Å². The lowest BCUT2D eigenvalue weighted by Crippen LogP contribution is -2.71. The topological polar surface area (TPSA) is 249 Å². The van der Waals surface area contributed by atoms with Crippen molar-refractivity contribution in [1.82, 2.24) is 30.4 Å². The van der Waals surface area contributed by atoms with E-state index in [4.69, 9.17) is 15.7 Å². The first-order valence-electron chi connectivity index (χ1n) is 12.2. The molecule has 0 radical (unpaired) electrons. The van der Waals surface area contributed by atoms with E-state index in [1.54, 1.807) is 6.92 Å². The monoisotopic (exact) mass is 665 g/mol. The Morgan fingerprint density at radius 3 is 2.63 bits per heavy atom. The third-order valence-corrected chi connectivity index (χ3v) is 10.3. The molecule has 0 saturated carbocycles. The first-order valence-corrected chi connectivity index (χ1v) is 16.5. The average molecular weight is 666 g/mol. The molecule has 2 aliphatic heterocycles. The van der Waals surface area contributed by atoms with Crippen LogP contribution in [0.1, 0.15) is 12.6 Å². The van der Waals surface area contributed by atoms with Gasteiger partial charge in [0.2, 0.25) is 10.0 Å². The van der Waals surface area contributed by atoms with E-state index in [0.717, 1.165) is 11.3 Å². The van der Waals surface area contributed by atoms with Crippen LogP contribution >= 0.6 is 34.9 Å². The van der Waals surface area contributed by atoms with E-state index < -0.39 is 44.5 Å². The number of aromatic nitrogens is 4. The number of carbonyl (C=O) groups excluding carboxylic acids is 2. The van der Waals surface area contributed by atoms with Crippen LogP contribution in [0.25, 0.3) is 11.4 Å². The minimum atomic E-state index is -3.84. The Morgan fingerprint density at radius 2 is 2.02 bits per heavy atom. The van der Waals surface area contributed by atoms with Gasteiger partial charge in [0.1, 0.15) is 29.9 Å². The predicted octanol–water partition coefficient (Wildman–Crippen LogP) is 0.428. The lowest BCUT2D eigenvalue weighted by Gasteiger charge is -2.49. The van der Waals surface area contributed by atoms with Crippen molar-refractivity contribution in [2.45, 2.75) is 33.6 Å². The fraction of sp³-hybridized carbons (Fsp3) is 0.261. The van der Waals surface area contributed by atoms with Gasteiger partial charge in [-0.05, 0) is 36.8 Å². The maximum atomic E-state index is 13.2. The smallest absolute Gasteiger partial charge is 0.352 e. The van der Waals surface area contributed by atoms with Crippen LogP contribution in [0.3, 0.4) is 0 Å². The van der Waals surface area contributed by atoms with Crippen molar-refractivity contribution >= 4 is 73.5 Å². The Bertz CT molecular complexity index is 1770.